The van der Waals surface area contributed by atoms with Crippen molar-refractivity contribution in [1.82, 2.24) is 14.9 Å². The van der Waals surface area contributed by atoms with Crippen molar-refractivity contribution in [2.24, 2.45) is 5.92 Å². The predicted molar refractivity (Wildman–Crippen MR) is 134 cm³/mol. The van der Waals surface area contributed by atoms with Gasteiger partial charge in [0.1, 0.15) is 11.6 Å². The summed E-state index contributed by atoms with van der Waals surface area (Å²) in [4.78, 5) is 27.0. The number of aryl methyl sites for hydroxylation is 1. The van der Waals surface area contributed by atoms with Gasteiger partial charge in [0.25, 0.3) is 0 Å². The molecule has 1 unspecified atom stereocenters. The summed E-state index contributed by atoms with van der Waals surface area (Å²) in [5.74, 6) is 2.80. The lowest BCUT2D eigenvalue weighted by molar-refractivity contribution is -0.132. The summed E-state index contributed by atoms with van der Waals surface area (Å²) < 4.78 is 5.56. The first-order chi connectivity index (χ1) is 15.8. The Bertz CT molecular complexity index is 936. The summed E-state index contributed by atoms with van der Waals surface area (Å²) in [6.07, 6.45) is 2.37. The van der Waals surface area contributed by atoms with E-state index in [4.69, 9.17) is 14.7 Å². The van der Waals surface area contributed by atoms with Crippen LogP contribution < -0.4 is 4.90 Å². The minimum atomic E-state index is 0.257. The molecule has 2 heterocycles. The van der Waals surface area contributed by atoms with Crippen LogP contribution in [-0.2, 0) is 22.6 Å². The maximum absolute atomic E-state index is 12.6. The zero-order valence-corrected chi connectivity index (χ0v) is 21.2. The topological polar surface area (TPSA) is 58.6 Å². The molecule has 1 aromatic heterocycles. The van der Waals surface area contributed by atoms with Gasteiger partial charge in [0.15, 0.2) is 0 Å². The molecule has 180 valence electrons. The summed E-state index contributed by atoms with van der Waals surface area (Å²) in [7, 11) is 1.72. The number of nitrogens with zero attached hydrogens (tertiary/aromatic N) is 4. The second-order valence-electron chi connectivity index (χ2n) is 9.70. The number of carbonyl (C=O) groups is 1. The van der Waals surface area contributed by atoms with E-state index in [-0.39, 0.29) is 11.8 Å². The van der Waals surface area contributed by atoms with E-state index in [1.807, 2.05) is 4.90 Å². The minimum Gasteiger partial charge on any atom is -0.378 e. The number of benzene rings is 1. The van der Waals surface area contributed by atoms with E-state index < -0.39 is 0 Å². The van der Waals surface area contributed by atoms with E-state index in [0.717, 1.165) is 61.9 Å². The number of anilines is 1. The lowest BCUT2D eigenvalue weighted by Crippen LogP contribution is -2.49. The average molecular weight is 453 g/mol. The van der Waals surface area contributed by atoms with Crippen LogP contribution in [0.4, 0.5) is 5.82 Å². The molecule has 0 saturated carbocycles. The molecule has 0 spiro atoms. The van der Waals surface area contributed by atoms with E-state index in [0.29, 0.717) is 18.9 Å². The van der Waals surface area contributed by atoms with Gasteiger partial charge in [-0.25, -0.2) is 9.97 Å². The molecule has 1 saturated heterocycles. The van der Waals surface area contributed by atoms with Crippen LogP contribution in [0.3, 0.4) is 0 Å². The molecule has 1 fully saturated rings. The largest absolute Gasteiger partial charge is 0.378 e. The highest BCUT2D eigenvalue weighted by atomic mass is 16.5. The van der Waals surface area contributed by atoms with E-state index in [9.17, 15) is 4.79 Å². The van der Waals surface area contributed by atoms with Gasteiger partial charge in [0.2, 0.25) is 5.91 Å². The Morgan fingerprint density at radius 2 is 1.85 bits per heavy atom. The van der Waals surface area contributed by atoms with Gasteiger partial charge in [0.05, 0.1) is 12.3 Å². The molecular formula is C27H40N4O2. The molecule has 6 heteroatoms. The van der Waals surface area contributed by atoms with Crippen LogP contribution in [0.5, 0.6) is 0 Å². The summed E-state index contributed by atoms with van der Waals surface area (Å²) in [6, 6.07) is 8.62. The number of hydrogen-bond donors (Lipinski definition) is 0. The third kappa shape index (κ3) is 6.53. The Kier molecular flexibility index (Phi) is 8.84. The second-order valence-corrected chi connectivity index (χ2v) is 9.70. The number of piperazine rings is 1. The molecule has 1 aliphatic heterocycles. The highest BCUT2D eigenvalue weighted by Crippen LogP contribution is 2.29. The van der Waals surface area contributed by atoms with Gasteiger partial charge in [-0.15, -0.1) is 0 Å². The summed E-state index contributed by atoms with van der Waals surface area (Å²) >= 11 is 0. The highest BCUT2D eigenvalue weighted by molar-refractivity contribution is 5.76. The fraction of sp³-hybridized carbons (Fsp3) is 0.593. The summed E-state index contributed by atoms with van der Waals surface area (Å²) in [5.41, 5.74) is 4.60. The van der Waals surface area contributed by atoms with Gasteiger partial charge in [-0.05, 0) is 24.8 Å². The first kappa shape index (κ1) is 25.2. The number of ether oxygens (including phenoxy) is 1. The molecule has 3 rings (SSSR count). The SMILES string of the molecule is CCC(C)c1nc(COC)c(Cc2cccc(C)c2)c(N2CCN(C(=O)CC(C)C)CC2)n1. The number of carbonyl (C=O) groups excluding carboxylic acids is 1. The average Bonchev–Trinajstić information content (AvgIpc) is 2.79. The van der Waals surface area contributed by atoms with Crippen LogP contribution in [0.2, 0.25) is 0 Å². The van der Waals surface area contributed by atoms with Gasteiger partial charge < -0.3 is 14.5 Å². The standard InChI is InChI=1S/C27H40N4O2/c1-7-21(5)26-28-24(18-33-6)23(17-22-10-8-9-20(4)16-22)27(29-26)31-13-11-30(12-14-31)25(32)15-19(2)3/h8-10,16,19,21H,7,11-15,17-18H2,1-6H3. The van der Waals surface area contributed by atoms with Gasteiger partial charge in [-0.3, -0.25) is 4.79 Å². The number of amides is 1. The molecule has 6 nitrogen and oxygen atoms in total. The van der Waals surface area contributed by atoms with Gasteiger partial charge in [-0.1, -0.05) is 57.5 Å². The lowest BCUT2D eigenvalue weighted by atomic mass is 10.0. The molecule has 0 bridgehead atoms. The van der Waals surface area contributed by atoms with Crippen LogP contribution in [0.1, 0.15) is 74.7 Å². The Hall–Kier alpha value is -2.47. The molecule has 1 atom stereocenters. The third-order valence-corrected chi connectivity index (χ3v) is 6.40. The van der Waals surface area contributed by atoms with Crippen molar-refractivity contribution >= 4 is 11.7 Å². The summed E-state index contributed by atoms with van der Waals surface area (Å²) in [5, 5.41) is 0. The predicted octanol–water partition coefficient (Wildman–Crippen LogP) is 4.73. The molecule has 0 radical (unpaired) electrons. The smallest absolute Gasteiger partial charge is 0.222 e. The maximum Gasteiger partial charge on any atom is 0.222 e. The fourth-order valence-electron chi connectivity index (χ4n) is 4.31. The Morgan fingerprint density at radius 3 is 2.45 bits per heavy atom. The first-order valence-electron chi connectivity index (χ1n) is 12.3. The quantitative estimate of drug-likeness (QED) is 0.550. The van der Waals surface area contributed by atoms with Crippen LogP contribution in [0.15, 0.2) is 24.3 Å². The fourth-order valence-corrected chi connectivity index (χ4v) is 4.31. The lowest BCUT2D eigenvalue weighted by Gasteiger charge is -2.37. The van der Waals surface area contributed by atoms with E-state index in [2.05, 4.69) is 63.8 Å². The van der Waals surface area contributed by atoms with Crippen molar-refractivity contribution < 1.29 is 9.53 Å². The van der Waals surface area contributed by atoms with Crippen molar-refractivity contribution in [1.29, 1.82) is 0 Å². The molecule has 2 aromatic rings. The van der Waals surface area contributed by atoms with Crippen molar-refractivity contribution in [3.8, 4) is 0 Å². The second kappa shape index (κ2) is 11.6. The zero-order valence-electron chi connectivity index (χ0n) is 21.2. The Labute approximate surface area is 199 Å². The van der Waals surface area contributed by atoms with E-state index in [1.165, 1.54) is 11.1 Å². The van der Waals surface area contributed by atoms with Crippen molar-refractivity contribution in [3.63, 3.8) is 0 Å². The van der Waals surface area contributed by atoms with Crippen molar-refractivity contribution in [3.05, 3.63) is 52.5 Å². The monoisotopic (exact) mass is 452 g/mol. The molecule has 0 aliphatic carbocycles. The first-order valence-corrected chi connectivity index (χ1v) is 12.3. The normalized spacial score (nSPS) is 15.2. The molecule has 1 aliphatic rings. The Morgan fingerprint density at radius 1 is 1.12 bits per heavy atom. The highest BCUT2D eigenvalue weighted by Gasteiger charge is 2.26. The van der Waals surface area contributed by atoms with Gasteiger partial charge in [0, 0.05) is 57.6 Å². The number of hydrogen-bond acceptors (Lipinski definition) is 5. The number of methoxy groups -OCH3 is 1. The van der Waals surface area contributed by atoms with Crippen LogP contribution >= 0.6 is 0 Å². The van der Waals surface area contributed by atoms with Crippen molar-refractivity contribution in [2.45, 2.75) is 66.4 Å². The number of aromatic nitrogens is 2. The van der Waals surface area contributed by atoms with E-state index >= 15 is 0 Å². The minimum absolute atomic E-state index is 0.257. The van der Waals surface area contributed by atoms with Crippen molar-refractivity contribution in [2.75, 3.05) is 38.2 Å². The van der Waals surface area contributed by atoms with Crippen LogP contribution in [0, 0.1) is 12.8 Å². The molecular weight excluding hydrogens is 412 g/mol. The number of rotatable bonds is 9. The Balaban J connectivity index is 1.95. The zero-order chi connectivity index (χ0) is 24.0. The summed E-state index contributed by atoms with van der Waals surface area (Å²) in [6.45, 7) is 14.2. The molecule has 0 N–H and O–H groups in total. The maximum atomic E-state index is 12.6. The van der Waals surface area contributed by atoms with Crippen LogP contribution in [-0.4, -0.2) is 54.1 Å². The molecule has 1 amide bonds. The van der Waals surface area contributed by atoms with E-state index in [1.54, 1.807) is 7.11 Å². The third-order valence-electron chi connectivity index (χ3n) is 6.40. The molecule has 1 aromatic carbocycles. The van der Waals surface area contributed by atoms with Gasteiger partial charge in [-0.2, -0.15) is 0 Å². The van der Waals surface area contributed by atoms with Gasteiger partial charge >= 0.3 is 0 Å². The van der Waals surface area contributed by atoms with Crippen LogP contribution in [0.25, 0.3) is 0 Å². The molecule has 33 heavy (non-hydrogen) atoms.